The summed E-state index contributed by atoms with van der Waals surface area (Å²) in [6.45, 7) is 0. The molecule has 3 aromatic rings. The molecule has 25 heavy (non-hydrogen) atoms. The first kappa shape index (κ1) is 16.8. The zero-order valence-corrected chi connectivity index (χ0v) is 14.2. The average Bonchev–Trinajstić information content (AvgIpc) is 3.02. The lowest BCUT2D eigenvalue weighted by Gasteiger charge is -2.01. The van der Waals surface area contributed by atoms with Crippen molar-refractivity contribution in [2.75, 3.05) is 11.6 Å². The molecule has 1 amide bonds. The molecule has 1 heterocycles. The van der Waals surface area contributed by atoms with Crippen molar-refractivity contribution in [3.05, 3.63) is 71.6 Å². The minimum absolute atomic E-state index is 0.0107. The minimum atomic E-state index is -3.23. The molecule has 3 rings (SSSR count). The molecule has 7 nitrogen and oxygen atoms in total. The number of nitrogens with one attached hydrogen (secondary N) is 1. The van der Waals surface area contributed by atoms with Crippen LogP contribution >= 0.6 is 0 Å². The lowest BCUT2D eigenvalue weighted by Crippen LogP contribution is -2.11. The molecule has 0 aliphatic carbocycles. The van der Waals surface area contributed by atoms with Crippen LogP contribution in [0.15, 0.2) is 63.9 Å². The van der Waals surface area contributed by atoms with E-state index in [0.29, 0.717) is 17.9 Å². The first-order valence-electron chi connectivity index (χ1n) is 7.39. The summed E-state index contributed by atoms with van der Waals surface area (Å²) in [5.74, 6) is -0.0243. The van der Waals surface area contributed by atoms with Crippen molar-refractivity contribution in [3.63, 3.8) is 0 Å². The van der Waals surface area contributed by atoms with Crippen molar-refractivity contribution in [1.29, 1.82) is 0 Å². The number of carbonyl (C=O) groups excluding carboxylic acids is 1. The standard InChI is InChI=1S/C17H15N3O4S/c1-25(22,23)14-9-7-12(8-10-14)11-15-19-20-17(24-15)18-16(21)13-5-3-2-4-6-13/h2-10H,11H2,1H3,(H,18,20,21). The lowest BCUT2D eigenvalue weighted by molar-refractivity contribution is 0.102. The molecule has 0 saturated heterocycles. The van der Waals surface area contributed by atoms with Crippen LogP contribution in [-0.2, 0) is 16.3 Å². The predicted octanol–water partition coefficient (Wildman–Crippen LogP) is 2.32. The highest BCUT2D eigenvalue weighted by Crippen LogP contribution is 2.15. The van der Waals surface area contributed by atoms with E-state index in [9.17, 15) is 13.2 Å². The second kappa shape index (κ2) is 6.86. The maximum absolute atomic E-state index is 12.0. The number of carbonyl (C=O) groups is 1. The van der Waals surface area contributed by atoms with Gasteiger partial charge in [0.25, 0.3) is 5.91 Å². The van der Waals surface area contributed by atoms with Crippen LogP contribution in [0.5, 0.6) is 0 Å². The third kappa shape index (κ3) is 4.30. The van der Waals surface area contributed by atoms with Crippen molar-refractivity contribution < 1.29 is 17.6 Å². The van der Waals surface area contributed by atoms with Crippen LogP contribution < -0.4 is 5.32 Å². The SMILES string of the molecule is CS(=O)(=O)c1ccc(Cc2nnc(NC(=O)c3ccccc3)o2)cc1. The topological polar surface area (TPSA) is 102 Å². The number of hydrogen-bond acceptors (Lipinski definition) is 6. The molecule has 0 fully saturated rings. The zero-order chi connectivity index (χ0) is 17.9. The Morgan fingerprint density at radius 2 is 1.72 bits per heavy atom. The van der Waals surface area contributed by atoms with E-state index in [-0.39, 0.29) is 16.8 Å². The quantitative estimate of drug-likeness (QED) is 0.752. The molecule has 0 spiro atoms. The Morgan fingerprint density at radius 1 is 1.04 bits per heavy atom. The molecule has 0 bridgehead atoms. The smallest absolute Gasteiger partial charge is 0.322 e. The van der Waals surface area contributed by atoms with E-state index in [1.807, 2.05) is 6.07 Å². The van der Waals surface area contributed by atoms with Crippen LogP contribution in [-0.4, -0.2) is 30.8 Å². The monoisotopic (exact) mass is 357 g/mol. The Hall–Kier alpha value is -3.00. The van der Waals surface area contributed by atoms with E-state index >= 15 is 0 Å². The van der Waals surface area contributed by atoms with Crippen LogP contribution in [0.2, 0.25) is 0 Å². The van der Waals surface area contributed by atoms with Crippen LogP contribution in [0, 0.1) is 0 Å². The predicted molar refractivity (Wildman–Crippen MR) is 91.1 cm³/mol. The number of rotatable bonds is 5. The highest BCUT2D eigenvalue weighted by molar-refractivity contribution is 7.90. The van der Waals surface area contributed by atoms with Gasteiger partial charge in [0, 0.05) is 11.8 Å². The van der Waals surface area contributed by atoms with Crippen molar-refractivity contribution in [2.24, 2.45) is 0 Å². The molecular weight excluding hydrogens is 342 g/mol. The van der Waals surface area contributed by atoms with Gasteiger partial charge in [0.05, 0.1) is 11.3 Å². The number of aromatic nitrogens is 2. The fraction of sp³-hybridized carbons (Fsp3) is 0.118. The molecule has 2 aromatic carbocycles. The molecular formula is C17H15N3O4S. The fourth-order valence-electron chi connectivity index (χ4n) is 2.16. The van der Waals surface area contributed by atoms with E-state index in [0.717, 1.165) is 11.8 Å². The third-order valence-corrected chi connectivity index (χ3v) is 4.56. The van der Waals surface area contributed by atoms with Crippen LogP contribution in [0.3, 0.4) is 0 Å². The van der Waals surface area contributed by atoms with Crippen LogP contribution in [0.25, 0.3) is 0 Å². The molecule has 1 N–H and O–H groups in total. The average molecular weight is 357 g/mol. The summed E-state index contributed by atoms with van der Waals surface area (Å²) in [7, 11) is -3.23. The summed E-state index contributed by atoms with van der Waals surface area (Å²) in [6.07, 6.45) is 1.49. The van der Waals surface area contributed by atoms with Gasteiger partial charge in [-0.25, -0.2) is 8.42 Å². The Kier molecular flexibility index (Phi) is 4.62. The van der Waals surface area contributed by atoms with Gasteiger partial charge in [0.1, 0.15) is 0 Å². The molecule has 0 saturated carbocycles. The molecule has 0 atom stereocenters. The summed E-state index contributed by atoms with van der Waals surface area (Å²) in [6, 6.07) is 15.1. The van der Waals surface area contributed by atoms with Crippen LogP contribution in [0.4, 0.5) is 6.01 Å². The van der Waals surface area contributed by atoms with E-state index in [4.69, 9.17) is 4.42 Å². The van der Waals surface area contributed by atoms with Gasteiger partial charge in [-0.15, -0.1) is 5.10 Å². The van der Waals surface area contributed by atoms with Crippen molar-refractivity contribution >= 4 is 21.8 Å². The van der Waals surface area contributed by atoms with E-state index in [1.54, 1.807) is 36.4 Å². The van der Waals surface area contributed by atoms with E-state index in [1.165, 1.54) is 12.1 Å². The normalized spacial score (nSPS) is 11.2. The first-order valence-corrected chi connectivity index (χ1v) is 9.29. The number of sulfone groups is 1. The molecule has 0 radical (unpaired) electrons. The summed E-state index contributed by atoms with van der Waals surface area (Å²) in [5.41, 5.74) is 1.30. The fourth-order valence-corrected chi connectivity index (χ4v) is 2.79. The summed E-state index contributed by atoms with van der Waals surface area (Å²) in [5, 5.41) is 10.2. The van der Waals surface area contributed by atoms with Gasteiger partial charge in [0.2, 0.25) is 5.89 Å². The van der Waals surface area contributed by atoms with Crippen molar-refractivity contribution in [2.45, 2.75) is 11.3 Å². The van der Waals surface area contributed by atoms with Gasteiger partial charge in [-0.3, -0.25) is 10.1 Å². The summed E-state index contributed by atoms with van der Waals surface area (Å²) in [4.78, 5) is 12.3. The van der Waals surface area contributed by atoms with Gasteiger partial charge >= 0.3 is 6.01 Å². The number of amides is 1. The molecule has 0 unspecified atom stereocenters. The van der Waals surface area contributed by atoms with E-state index in [2.05, 4.69) is 15.5 Å². The first-order chi connectivity index (χ1) is 11.9. The Bertz CT molecular complexity index is 980. The highest BCUT2D eigenvalue weighted by atomic mass is 32.2. The van der Waals surface area contributed by atoms with Gasteiger partial charge in [-0.05, 0) is 29.8 Å². The second-order valence-electron chi connectivity index (χ2n) is 5.41. The van der Waals surface area contributed by atoms with E-state index < -0.39 is 9.84 Å². The number of anilines is 1. The summed E-state index contributed by atoms with van der Waals surface area (Å²) >= 11 is 0. The Balaban J connectivity index is 1.67. The van der Waals surface area contributed by atoms with Gasteiger partial charge < -0.3 is 4.42 Å². The van der Waals surface area contributed by atoms with Crippen molar-refractivity contribution in [3.8, 4) is 0 Å². The minimum Gasteiger partial charge on any atom is -0.407 e. The summed E-state index contributed by atoms with van der Waals surface area (Å²) < 4.78 is 28.3. The molecule has 128 valence electrons. The van der Waals surface area contributed by atoms with Gasteiger partial charge in [-0.1, -0.05) is 35.4 Å². The van der Waals surface area contributed by atoms with Gasteiger partial charge in [-0.2, -0.15) is 0 Å². The Morgan fingerprint density at radius 3 is 2.36 bits per heavy atom. The second-order valence-corrected chi connectivity index (χ2v) is 7.43. The number of nitrogens with zero attached hydrogens (tertiary/aromatic N) is 2. The maximum Gasteiger partial charge on any atom is 0.322 e. The Labute approximate surface area is 144 Å². The number of benzene rings is 2. The third-order valence-electron chi connectivity index (χ3n) is 3.43. The van der Waals surface area contributed by atoms with Crippen LogP contribution in [0.1, 0.15) is 21.8 Å². The largest absolute Gasteiger partial charge is 0.407 e. The van der Waals surface area contributed by atoms with Gasteiger partial charge in [0.15, 0.2) is 9.84 Å². The zero-order valence-electron chi connectivity index (χ0n) is 13.3. The molecule has 0 aliphatic rings. The number of hydrogen-bond donors (Lipinski definition) is 1. The highest BCUT2D eigenvalue weighted by Gasteiger charge is 2.12. The van der Waals surface area contributed by atoms with Crippen molar-refractivity contribution in [1.82, 2.24) is 10.2 Å². The molecule has 8 heteroatoms. The molecule has 1 aromatic heterocycles. The molecule has 0 aliphatic heterocycles. The lowest BCUT2D eigenvalue weighted by atomic mass is 10.1. The maximum atomic E-state index is 12.0.